The molecule has 0 aromatic rings. The molecule has 0 amide bonds. The van der Waals surface area contributed by atoms with Gasteiger partial charge in [0.25, 0.3) is 0 Å². The molecule has 64 valence electrons. The summed E-state index contributed by atoms with van der Waals surface area (Å²) in [4.78, 5) is 10.1. The number of hydrogen-bond acceptors (Lipinski definition) is 3. The SMILES string of the molecule is O=C([O-])/C(=C/C(Cl)(Cl)Cl)CO. The summed E-state index contributed by atoms with van der Waals surface area (Å²) in [6.45, 7) is -0.726. The zero-order valence-corrected chi connectivity index (χ0v) is 7.45. The average Bonchev–Trinajstić information content (AvgIpc) is 1.80. The van der Waals surface area contributed by atoms with Crippen LogP contribution in [0.3, 0.4) is 0 Å². The molecule has 0 bridgehead atoms. The van der Waals surface area contributed by atoms with Crippen LogP contribution in [-0.2, 0) is 4.79 Å². The Morgan fingerprint density at radius 3 is 2.09 bits per heavy atom. The second-order valence-corrected chi connectivity index (χ2v) is 4.03. The Balaban J connectivity index is 4.49. The van der Waals surface area contributed by atoms with Crippen LogP contribution in [-0.4, -0.2) is 21.5 Å². The van der Waals surface area contributed by atoms with E-state index in [9.17, 15) is 9.90 Å². The highest BCUT2D eigenvalue weighted by Crippen LogP contribution is 2.28. The Kier molecular flexibility index (Phi) is 4.18. The third kappa shape index (κ3) is 5.32. The number of aliphatic hydroxyl groups is 1. The monoisotopic (exact) mass is 217 g/mol. The van der Waals surface area contributed by atoms with Crippen LogP contribution in [0.25, 0.3) is 0 Å². The molecule has 3 nitrogen and oxygen atoms in total. The molecule has 1 N–H and O–H groups in total. The molecule has 0 spiro atoms. The molecule has 0 fully saturated rings. The zero-order valence-electron chi connectivity index (χ0n) is 5.18. The third-order valence-electron chi connectivity index (χ3n) is 0.770. The minimum absolute atomic E-state index is 0.454. The second kappa shape index (κ2) is 4.16. The number of halogens is 3. The van der Waals surface area contributed by atoms with Crippen LogP contribution in [0.1, 0.15) is 0 Å². The van der Waals surface area contributed by atoms with Crippen molar-refractivity contribution in [1.29, 1.82) is 0 Å². The number of carbonyl (C=O) groups excluding carboxylic acids is 1. The predicted molar refractivity (Wildman–Crippen MR) is 40.5 cm³/mol. The van der Waals surface area contributed by atoms with E-state index >= 15 is 0 Å². The fourth-order valence-corrected chi connectivity index (χ4v) is 0.762. The van der Waals surface area contributed by atoms with Crippen LogP contribution in [0.4, 0.5) is 0 Å². The molecule has 0 atom stereocenters. The smallest absolute Gasteiger partial charge is 0.209 e. The molecule has 0 saturated carbocycles. The van der Waals surface area contributed by atoms with Gasteiger partial charge in [-0.05, 0) is 6.08 Å². The molecule has 0 aliphatic carbocycles. The molecule has 0 saturated heterocycles. The first-order chi connectivity index (χ1) is 4.87. The van der Waals surface area contributed by atoms with Crippen LogP contribution >= 0.6 is 34.8 Å². The van der Waals surface area contributed by atoms with E-state index in [0.29, 0.717) is 0 Å². The van der Waals surface area contributed by atoms with Crippen molar-refractivity contribution in [2.45, 2.75) is 3.79 Å². The van der Waals surface area contributed by atoms with E-state index in [1.54, 1.807) is 0 Å². The van der Waals surface area contributed by atoms with Gasteiger partial charge in [-0.25, -0.2) is 0 Å². The molecule has 0 heterocycles. The van der Waals surface area contributed by atoms with Crippen molar-refractivity contribution in [3.05, 3.63) is 11.6 Å². The lowest BCUT2D eigenvalue weighted by Gasteiger charge is -2.09. The zero-order chi connectivity index (χ0) is 9.07. The molecular weight excluding hydrogens is 214 g/mol. The van der Waals surface area contributed by atoms with E-state index < -0.39 is 21.9 Å². The fourth-order valence-electron chi connectivity index (χ4n) is 0.367. The summed E-state index contributed by atoms with van der Waals surface area (Å²) in [5, 5.41) is 18.5. The summed E-state index contributed by atoms with van der Waals surface area (Å²) in [5.41, 5.74) is -0.454. The number of carboxylic acids is 1. The lowest BCUT2D eigenvalue weighted by atomic mass is 10.3. The third-order valence-corrected chi connectivity index (χ3v) is 1.10. The number of allylic oxidation sites excluding steroid dienone is 1. The van der Waals surface area contributed by atoms with Gasteiger partial charge in [-0.15, -0.1) is 0 Å². The lowest BCUT2D eigenvalue weighted by molar-refractivity contribution is -0.299. The molecule has 6 heteroatoms. The summed E-state index contributed by atoms with van der Waals surface area (Å²) < 4.78 is -1.82. The van der Waals surface area contributed by atoms with Crippen LogP contribution in [0, 0.1) is 0 Å². The normalized spacial score (nSPS) is 13.3. The Hall–Kier alpha value is 0.0400. The number of carbonyl (C=O) groups is 1. The first-order valence-corrected chi connectivity index (χ1v) is 3.61. The van der Waals surface area contributed by atoms with Crippen molar-refractivity contribution in [3.63, 3.8) is 0 Å². The van der Waals surface area contributed by atoms with E-state index in [1.807, 2.05) is 0 Å². The summed E-state index contributed by atoms with van der Waals surface area (Å²) in [7, 11) is 0. The number of carboxylic acid groups (broad SMARTS) is 1. The maximum Gasteiger partial charge on any atom is 0.209 e. The predicted octanol–water partition coefficient (Wildman–Crippen LogP) is 0.0252. The van der Waals surface area contributed by atoms with Crippen molar-refractivity contribution in [2.75, 3.05) is 6.61 Å². The lowest BCUT2D eigenvalue weighted by Crippen LogP contribution is -2.27. The van der Waals surface area contributed by atoms with Gasteiger partial charge in [0.15, 0.2) is 0 Å². The summed E-state index contributed by atoms with van der Waals surface area (Å²) >= 11 is 15.6. The number of alkyl halides is 3. The molecule has 0 rings (SSSR count). The minimum atomic E-state index is -1.82. The van der Waals surface area contributed by atoms with Gasteiger partial charge in [-0.3, -0.25) is 0 Å². The second-order valence-electron chi connectivity index (χ2n) is 1.66. The Labute approximate surface area is 78.2 Å². The molecular formula is C5H4Cl3O3-. The number of rotatable bonds is 2. The number of aliphatic hydroxyl groups excluding tert-OH is 1. The van der Waals surface area contributed by atoms with Gasteiger partial charge < -0.3 is 15.0 Å². The molecule has 0 aliphatic rings. The van der Waals surface area contributed by atoms with Gasteiger partial charge in [-0.2, -0.15) is 0 Å². The standard InChI is InChI=1S/C5H5Cl3O3/c6-5(7,8)1-3(2-9)4(10)11/h1,9H,2H2,(H,10,11)/p-1/b3-1+. The Morgan fingerprint density at radius 2 is 2.00 bits per heavy atom. The van der Waals surface area contributed by atoms with Crippen molar-refractivity contribution in [2.24, 2.45) is 0 Å². The van der Waals surface area contributed by atoms with E-state index in [4.69, 9.17) is 39.9 Å². The van der Waals surface area contributed by atoms with Crippen molar-refractivity contribution in [3.8, 4) is 0 Å². The number of hydrogen-bond donors (Lipinski definition) is 1. The highest BCUT2D eigenvalue weighted by Gasteiger charge is 2.16. The molecule has 0 aromatic heterocycles. The van der Waals surface area contributed by atoms with E-state index in [2.05, 4.69) is 0 Å². The van der Waals surface area contributed by atoms with E-state index in [0.717, 1.165) is 6.08 Å². The molecule has 0 aromatic carbocycles. The average molecular weight is 218 g/mol. The van der Waals surface area contributed by atoms with Gasteiger partial charge in [0.05, 0.1) is 12.6 Å². The van der Waals surface area contributed by atoms with Crippen LogP contribution in [0.15, 0.2) is 11.6 Å². The quantitative estimate of drug-likeness (QED) is 0.525. The van der Waals surface area contributed by atoms with Crippen LogP contribution in [0.5, 0.6) is 0 Å². The Morgan fingerprint density at radius 1 is 1.55 bits per heavy atom. The first kappa shape index (κ1) is 11.0. The van der Waals surface area contributed by atoms with Gasteiger partial charge in [0.2, 0.25) is 3.79 Å². The first-order valence-electron chi connectivity index (χ1n) is 2.47. The molecule has 0 radical (unpaired) electrons. The van der Waals surface area contributed by atoms with Crippen LogP contribution < -0.4 is 5.11 Å². The maximum atomic E-state index is 10.1. The molecule has 11 heavy (non-hydrogen) atoms. The summed E-state index contributed by atoms with van der Waals surface area (Å²) in [5.74, 6) is -1.56. The fraction of sp³-hybridized carbons (Fsp3) is 0.400. The maximum absolute atomic E-state index is 10.1. The topological polar surface area (TPSA) is 60.4 Å². The summed E-state index contributed by atoms with van der Waals surface area (Å²) in [6.07, 6.45) is 0.785. The Bertz CT molecular complexity index is 182. The van der Waals surface area contributed by atoms with Crippen molar-refractivity contribution in [1.82, 2.24) is 0 Å². The van der Waals surface area contributed by atoms with E-state index in [1.165, 1.54) is 0 Å². The largest absolute Gasteiger partial charge is 0.545 e. The van der Waals surface area contributed by atoms with E-state index in [-0.39, 0.29) is 0 Å². The van der Waals surface area contributed by atoms with Gasteiger partial charge in [0, 0.05) is 5.57 Å². The molecule has 0 unspecified atom stereocenters. The summed E-state index contributed by atoms with van der Waals surface area (Å²) in [6, 6.07) is 0. The highest BCUT2D eigenvalue weighted by molar-refractivity contribution is 6.69. The molecule has 0 aliphatic heterocycles. The van der Waals surface area contributed by atoms with Gasteiger partial charge >= 0.3 is 0 Å². The van der Waals surface area contributed by atoms with Crippen LogP contribution in [0.2, 0.25) is 0 Å². The van der Waals surface area contributed by atoms with Crippen molar-refractivity contribution >= 4 is 40.8 Å². The highest BCUT2D eigenvalue weighted by atomic mass is 35.6. The van der Waals surface area contributed by atoms with Gasteiger partial charge in [0.1, 0.15) is 0 Å². The number of aliphatic carboxylic acids is 1. The minimum Gasteiger partial charge on any atom is -0.545 e. The van der Waals surface area contributed by atoms with Crippen molar-refractivity contribution < 1.29 is 15.0 Å². The van der Waals surface area contributed by atoms with Gasteiger partial charge in [-0.1, -0.05) is 34.8 Å².